The number of rotatable bonds is 3. The van der Waals surface area contributed by atoms with Crippen molar-refractivity contribution in [1.82, 2.24) is 0 Å². The summed E-state index contributed by atoms with van der Waals surface area (Å²) in [5.41, 5.74) is 3.88. The number of ether oxygens (including phenoxy) is 1. The van der Waals surface area contributed by atoms with Gasteiger partial charge in [-0.2, -0.15) is 0 Å². The minimum Gasteiger partial charge on any atom is -0.456 e. The van der Waals surface area contributed by atoms with Crippen molar-refractivity contribution in [3.63, 3.8) is 0 Å². The molecule has 4 heteroatoms. The number of carbonyl (C=O) groups is 2. The summed E-state index contributed by atoms with van der Waals surface area (Å²) in [4.78, 5) is 29.2. The summed E-state index contributed by atoms with van der Waals surface area (Å²) < 4.78 is 6.31. The average molecular weight is 440 g/mol. The highest BCUT2D eigenvalue weighted by Crippen LogP contribution is 2.39. The van der Waals surface area contributed by atoms with E-state index >= 15 is 0 Å². The fourth-order valence-corrected chi connectivity index (χ4v) is 4.74. The molecule has 0 aromatic heterocycles. The van der Waals surface area contributed by atoms with Crippen LogP contribution in [0.1, 0.15) is 77.4 Å². The van der Waals surface area contributed by atoms with E-state index in [1.807, 2.05) is 24.3 Å². The van der Waals surface area contributed by atoms with Gasteiger partial charge in [0.15, 0.2) is 11.6 Å². The number of ketones is 2. The molecule has 33 heavy (non-hydrogen) atoms. The predicted octanol–water partition coefficient (Wildman–Crippen LogP) is 6.54. The van der Waals surface area contributed by atoms with Gasteiger partial charge in [0.05, 0.1) is 5.56 Å². The molecule has 1 heterocycles. The molecule has 0 N–H and O–H groups in total. The van der Waals surface area contributed by atoms with E-state index in [-0.39, 0.29) is 17.0 Å². The zero-order valence-electron chi connectivity index (χ0n) is 19.5. The number of carbonyl (C=O) groups excluding carboxylic acids is 2. The van der Waals surface area contributed by atoms with E-state index in [0.29, 0.717) is 33.8 Å². The van der Waals surface area contributed by atoms with Gasteiger partial charge in [0.2, 0.25) is 0 Å². The Bertz CT molecular complexity index is 1230. The maximum atomic E-state index is 13.5. The van der Waals surface area contributed by atoms with Crippen LogP contribution in [-0.2, 0) is 5.41 Å². The number of nitrogens with zero attached hydrogens (tertiary/aromatic N) is 1. The van der Waals surface area contributed by atoms with Crippen molar-refractivity contribution >= 4 is 17.3 Å². The summed E-state index contributed by atoms with van der Waals surface area (Å²) in [5.74, 6) is 0.822. The van der Waals surface area contributed by atoms with Crippen LogP contribution in [0.5, 0.6) is 11.5 Å². The average Bonchev–Trinajstić information content (AvgIpc) is 2.82. The van der Waals surface area contributed by atoms with Crippen LogP contribution >= 0.6 is 0 Å². The van der Waals surface area contributed by atoms with Crippen LogP contribution in [0, 0.1) is 0 Å². The molecule has 2 aliphatic rings. The summed E-state index contributed by atoms with van der Waals surface area (Å²) in [6, 6.07) is 18.8. The minimum absolute atomic E-state index is 0.0397. The van der Waals surface area contributed by atoms with Crippen molar-refractivity contribution < 1.29 is 14.3 Å². The van der Waals surface area contributed by atoms with Gasteiger partial charge < -0.3 is 9.64 Å². The van der Waals surface area contributed by atoms with Gasteiger partial charge in [0, 0.05) is 41.5 Å². The standard InChI is InChI=1S/C29H29NO3/c1-29(2,3)19-11-13-21(14-12-19)33-25-18-20(30-15-7-4-8-16-30)17-24-26(25)28(32)23-10-6-5-9-22(23)27(24)31/h5-6,9-14,17-18H,4,7-8,15-16H2,1-3H3. The first kappa shape index (κ1) is 21.4. The Labute approximate surface area is 195 Å². The van der Waals surface area contributed by atoms with Gasteiger partial charge in [-0.15, -0.1) is 0 Å². The van der Waals surface area contributed by atoms with Crippen molar-refractivity contribution in [3.05, 3.63) is 88.5 Å². The second kappa shape index (κ2) is 8.18. The molecule has 4 nitrogen and oxygen atoms in total. The smallest absolute Gasteiger partial charge is 0.198 e. The Balaban J connectivity index is 1.61. The van der Waals surface area contributed by atoms with E-state index in [1.165, 1.54) is 12.0 Å². The highest BCUT2D eigenvalue weighted by atomic mass is 16.5. The number of hydrogen-bond acceptors (Lipinski definition) is 4. The highest BCUT2D eigenvalue weighted by molar-refractivity contribution is 6.29. The fraction of sp³-hybridized carbons (Fsp3) is 0.310. The largest absolute Gasteiger partial charge is 0.456 e. The molecule has 3 aromatic carbocycles. The molecule has 1 aliphatic heterocycles. The Morgan fingerprint density at radius 2 is 1.39 bits per heavy atom. The molecular weight excluding hydrogens is 410 g/mol. The molecule has 168 valence electrons. The lowest BCUT2D eigenvalue weighted by atomic mass is 9.83. The zero-order chi connectivity index (χ0) is 23.2. The van der Waals surface area contributed by atoms with Crippen molar-refractivity contribution in [2.24, 2.45) is 0 Å². The first-order valence-electron chi connectivity index (χ1n) is 11.7. The number of piperidine rings is 1. The van der Waals surface area contributed by atoms with Crippen LogP contribution < -0.4 is 9.64 Å². The van der Waals surface area contributed by atoms with Crippen LogP contribution in [0.4, 0.5) is 5.69 Å². The molecule has 0 bridgehead atoms. The fourth-order valence-electron chi connectivity index (χ4n) is 4.74. The predicted molar refractivity (Wildman–Crippen MR) is 131 cm³/mol. The number of hydrogen-bond donors (Lipinski definition) is 0. The van der Waals surface area contributed by atoms with Crippen LogP contribution in [0.15, 0.2) is 60.7 Å². The Kier molecular flexibility index (Phi) is 5.32. The number of anilines is 1. The summed E-state index contributed by atoms with van der Waals surface area (Å²) in [7, 11) is 0. The van der Waals surface area contributed by atoms with Gasteiger partial charge in [-0.3, -0.25) is 9.59 Å². The number of benzene rings is 3. The molecule has 3 aromatic rings. The molecule has 0 radical (unpaired) electrons. The minimum atomic E-state index is -0.160. The Hall–Kier alpha value is -3.40. The van der Waals surface area contributed by atoms with E-state index in [4.69, 9.17) is 4.74 Å². The van der Waals surface area contributed by atoms with Gasteiger partial charge in [-0.25, -0.2) is 0 Å². The Morgan fingerprint density at radius 1 is 0.758 bits per heavy atom. The maximum Gasteiger partial charge on any atom is 0.198 e. The highest BCUT2D eigenvalue weighted by Gasteiger charge is 2.33. The quantitative estimate of drug-likeness (QED) is 0.363. The molecule has 5 rings (SSSR count). The lowest BCUT2D eigenvalue weighted by Crippen LogP contribution is -2.30. The third-order valence-electron chi connectivity index (χ3n) is 6.64. The van der Waals surface area contributed by atoms with Crippen LogP contribution in [0.2, 0.25) is 0 Å². The Morgan fingerprint density at radius 3 is 2.03 bits per heavy atom. The lowest BCUT2D eigenvalue weighted by Gasteiger charge is -2.31. The van der Waals surface area contributed by atoms with Crippen molar-refractivity contribution in [3.8, 4) is 11.5 Å². The summed E-state index contributed by atoms with van der Waals surface area (Å²) in [6.07, 6.45) is 3.46. The van der Waals surface area contributed by atoms with E-state index in [0.717, 1.165) is 31.6 Å². The van der Waals surface area contributed by atoms with Gasteiger partial charge >= 0.3 is 0 Å². The first-order valence-corrected chi connectivity index (χ1v) is 11.7. The second-order valence-electron chi connectivity index (χ2n) is 9.99. The topological polar surface area (TPSA) is 46.6 Å². The van der Waals surface area contributed by atoms with Crippen molar-refractivity contribution in [2.45, 2.75) is 45.4 Å². The van der Waals surface area contributed by atoms with Crippen LogP contribution in [-0.4, -0.2) is 24.7 Å². The third-order valence-corrected chi connectivity index (χ3v) is 6.64. The molecule has 0 spiro atoms. The van der Waals surface area contributed by atoms with Gasteiger partial charge in [-0.05, 0) is 48.4 Å². The lowest BCUT2D eigenvalue weighted by molar-refractivity contribution is 0.0977. The molecule has 0 atom stereocenters. The van der Waals surface area contributed by atoms with Crippen LogP contribution in [0.25, 0.3) is 0 Å². The van der Waals surface area contributed by atoms with Gasteiger partial charge in [0.25, 0.3) is 0 Å². The number of fused-ring (bicyclic) bond motifs is 2. The maximum absolute atomic E-state index is 13.5. The van der Waals surface area contributed by atoms with Crippen molar-refractivity contribution in [2.75, 3.05) is 18.0 Å². The summed E-state index contributed by atoms with van der Waals surface area (Å²) >= 11 is 0. The van der Waals surface area contributed by atoms with E-state index < -0.39 is 0 Å². The normalized spacial score (nSPS) is 15.8. The summed E-state index contributed by atoms with van der Waals surface area (Å²) in [6.45, 7) is 8.39. The molecule has 1 aliphatic carbocycles. The molecular formula is C29H29NO3. The zero-order valence-corrected chi connectivity index (χ0v) is 19.5. The van der Waals surface area contributed by atoms with Crippen molar-refractivity contribution in [1.29, 1.82) is 0 Å². The molecule has 0 unspecified atom stereocenters. The van der Waals surface area contributed by atoms with Gasteiger partial charge in [-0.1, -0.05) is 57.2 Å². The first-order chi connectivity index (χ1) is 15.8. The van der Waals surface area contributed by atoms with Gasteiger partial charge in [0.1, 0.15) is 11.5 Å². The monoisotopic (exact) mass is 439 g/mol. The van der Waals surface area contributed by atoms with E-state index in [1.54, 1.807) is 24.3 Å². The second-order valence-corrected chi connectivity index (χ2v) is 9.99. The summed E-state index contributed by atoms with van der Waals surface area (Å²) in [5, 5.41) is 0. The third kappa shape index (κ3) is 3.95. The molecule has 1 saturated heterocycles. The SMILES string of the molecule is CC(C)(C)c1ccc(Oc2cc(N3CCCCC3)cc3c2C(=O)c2ccccc2C3=O)cc1. The molecule has 0 amide bonds. The van der Waals surface area contributed by atoms with E-state index in [9.17, 15) is 9.59 Å². The molecule has 1 fully saturated rings. The van der Waals surface area contributed by atoms with E-state index in [2.05, 4.69) is 37.8 Å². The van der Waals surface area contributed by atoms with Crippen LogP contribution in [0.3, 0.4) is 0 Å². The molecule has 0 saturated carbocycles.